The van der Waals surface area contributed by atoms with Crippen molar-refractivity contribution in [1.82, 2.24) is 4.90 Å². The van der Waals surface area contributed by atoms with Crippen LogP contribution in [0, 0.1) is 23.7 Å². The van der Waals surface area contributed by atoms with E-state index < -0.39 is 0 Å². The molecule has 0 unspecified atom stereocenters. The zero-order valence-corrected chi connectivity index (χ0v) is 12.3. The minimum Gasteiger partial charge on any atom is -0.495 e. The molecule has 21 heavy (non-hydrogen) atoms. The number of amides is 1. The van der Waals surface area contributed by atoms with Crippen molar-refractivity contribution >= 4 is 11.6 Å². The first-order valence-electron chi connectivity index (χ1n) is 7.28. The van der Waals surface area contributed by atoms with Gasteiger partial charge in [0.15, 0.2) is 0 Å². The minimum atomic E-state index is 0.0426. The molecule has 1 aromatic rings. The van der Waals surface area contributed by atoms with E-state index in [-0.39, 0.29) is 5.91 Å². The number of carbonyl (C=O) groups excluding carboxylic acids is 1. The standard InChI is InChI=1S/C17H20N2O2/c1-3-13-11-17(13)6-8-19(9-7-17)16(20)12-4-5-14(18)15(10-12)21-2/h1,4-5,10,13H,6-9,11,18H2,2H3/t13-/m0/s1. The van der Waals surface area contributed by atoms with E-state index in [4.69, 9.17) is 16.9 Å². The Morgan fingerprint density at radius 1 is 1.48 bits per heavy atom. The van der Waals surface area contributed by atoms with E-state index in [0.717, 1.165) is 32.4 Å². The van der Waals surface area contributed by atoms with Crippen LogP contribution >= 0.6 is 0 Å². The topological polar surface area (TPSA) is 55.6 Å². The van der Waals surface area contributed by atoms with Crippen molar-refractivity contribution in [2.75, 3.05) is 25.9 Å². The maximum Gasteiger partial charge on any atom is 0.253 e. The molecule has 4 nitrogen and oxygen atoms in total. The number of hydrogen-bond donors (Lipinski definition) is 1. The number of benzene rings is 1. The molecule has 4 heteroatoms. The summed E-state index contributed by atoms with van der Waals surface area (Å²) in [5.74, 6) is 3.87. The third-order valence-electron chi connectivity index (χ3n) is 4.92. The quantitative estimate of drug-likeness (QED) is 0.669. The van der Waals surface area contributed by atoms with Crippen molar-refractivity contribution in [3.05, 3.63) is 23.8 Å². The van der Waals surface area contributed by atoms with Crippen LogP contribution in [0.4, 0.5) is 5.69 Å². The molecule has 1 saturated heterocycles. The SMILES string of the molecule is C#C[C@H]1CC12CCN(C(=O)c1ccc(N)c(OC)c1)CC2. The van der Waals surface area contributed by atoms with Crippen LogP contribution in [0.2, 0.25) is 0 Å². The number of nitrogens with zero attached hydrogens (tertiary/aromatic N) is 1. The van der Waals surface area contributed by atoms with Gasteiger partial charge in [0, 0.05) is 24.6 Å². The summed E-state index contributed by atoms with van der Waals surface area (Å²) in [5, 5.41) is 0. The maximum absolute atomic E-state index is 12.6. The third-order valence-corrected chi connectivity index (χ3v) is 4.92. The molecule has 3 rings (SSSR count). The Kier molecular flexibility index (Phi) is 3.29. The summed E-state index contributed by atoms with van der Waals surface area (Å²) >= 11 is 0. The lowest BCUT2D eigenvalue weighted by molar-refractivity contribution is 0.0673. The molecular formula is C17H20N2O2. The Hall–Kier alpha value is -2.15. The van der Waals surface area contributed by atoms with Gasteiger partial charge in [-0.15, -0.1) is 12.3 Å². The van der Waals surface area contributed by atoms with Gasteiger partial charge < -0.3 is 15.4 Å². The number of carbonyl (C=O) groups is 1. The average molecular weight is 284 g/mol. The van der Waals surface area contributed by atoms with Gasteiger partial charge in [0.25, 0.3) is 5.91 Å². The summed E-state index contributed by atoms with van der Waals surface area (Å²) in [6.07, 6.45) is 8.67. The molecule has 0 bridgehead atoms. The van der Waals surface area contributed by atoms with Crippen molar-refractivity contribution in [3.8, 4) is 18.1 Å². The van der Waals surface area contributed by atoms with Crippen LogP contribution in [0.15, 0.2) is 18.2 Å². The van der Waals surface area contributed by atoms with Crippen molar-refractivity contribution in [1.29, 1.82) is 0 Å². The van der Waals surface area contributed by atoms with E-state index in [0.29, 0.717) is 28.3 Å². The lowest BCUT2D eigenvalue weighted by atomic mass is 9.90. The van der Waals surface area contributed by atoms with E-state index in [9.17, 15) is 4.79 Å². The van der Waals surface area contributed by atoms with Gasteiger partial charge in [-0.2, -0.15) is 0 Å². The van der Waals surface area contributed by atoms with Gasteiger partial charge in [0.05, 0.1) is 12.8 Å². The minimum absolute atomic E-state index is 0.0426. The molecule has 2 fully saturated rings. The van der Waals surface area contributed by atoms with Gasteiger partial charge in [-0.05, 0) is 42.9 Å². The van der Waals surface area contributed by atoms with Gasteiger partial charge in [-0.1, -0.05) is 0 Å². The normalized spacial score (nSPS) is 22.7. The predicted molar refractivity (Wildman–Crippen MR) is 81.9 cm³/mol. The zero-order chi connectivity index (χ0) is 15.0. The van der Waals surface area contributed by atoms with Gasteiger partial charge in [0.2, 0.25) is 0 Å². The summed E-state index contributed by atoms with van der Waals surface area (Å²) in [5.41, 5.74) is 7.28. The van der Waals surface area contributed by atoms with Crippen LogP contribution in [0.3, 0.4) is 0 Å². The van der Waals surface area contributed by atoms with Crippen LogP contribution in [0.1, 0.15) is 29.6 Å². The van der Waals surface area contributed by atoms with Crippen LogP contribution < -0.4 is 10.5 Å². The summed E-state index contributed by atoms with van der Waals surface area (Å²) in [4.78, 5) is 14.5. The Morgan fingerprint density at radius 2 is 2.19 bits per heavy atom. The number of nitrogen functional groups attached to an aromatic ring is 1. The van der Waals surface area contributed by atoms with E-state index in [1.165, 1.54) is 0 Å². The van der Waals surface area contributed by atoms with Crippen molar-refractivity contribution < 1.29 is 9.53 Å². The molecule has 0 aromatic heterocycles. The second kappa shape index (κ2) is 5.00. The van der Waals surface area contributed by atoms with Crippen molar-refractivity contribution in [2.24, 2.45) is 11.3 Å². The number of nitrogens with two attached hydrogens (primary N) is 1. The number of anilines is 1. The molecule has 2 N–H and O–H groups in total. The maximum atomic E-state index is 12.6. The molecule has 1 aliphatic heterocycles. The Balaban J connectivity index is 1.68. The van der Waals surface area contributed by atoms with Crippen LogP contribution in [-0.4, -0.2) is 31.0 Å². The highest BCUT2D eigenvalue weighted by atomic mass is 16.5. The van der Waals surface area contributed by atoms with Crippen LogP contribution in [0.25, 0.3) is 0 Å². The fourth-order valence-electron chi connectivity index (χ4n) is 3.32. The first-order chi connectivity index (χ1) is 10.1. The number of methoxy groups -OCH3 is 1. The van der Waals surface area contributed by atoms with Crippen LogP contribution in [-0.2, 0) is 0 Å². The fraction of sp³-hybridized carbons (Fsp3) is 0.471. The van der Waals surface area contributed by atoms with E-state index >= 15 is 0 Å². The Labute approximate surface area is 125 Å². The summed E-state index contributed by atoms with van der Waals surface area (Å²) < 4.78 is 5.18. The highest BCUT2D eigenvalue weighted by Crippen LogP contribution is 2.58. The van der Waals surface area contributed by atoms with Crippen molar-refractivity contribution in [3.63, 3.8) is 0 Å². The fourth-order valence-corrected chi connectivity index (χ4v) is 3.32. The van der Waals surface area contributed by atoms with Crippen LogP contribution in [0.5, 0.6) is 5.75 Å². The van der Waals surface area contributed by atoms with Gasteiger partial charge >= 0.3 is 0 Å². The lowest BCUT2D eigenvalue weighted by Gasteiger charge is -2.32. The highest BCUT2D eigenvalue weighted by molar-refractivity contribution is 5.95. The second-order valence-corrected chi connectivity index (χ2v) is 6.03. The number of ether oxygens (including phenoxy) is 1. The smallest absolute Gasteiger partial charge is 0.253 e. The van der Waals surface area contributed by atoms with Gasteiger partial charge in [-0.3, -0.25) is 4.79 Å². The largest absolute Gasteiger partial charge is 0.495 e. The molecule has 1 amide bonds. The molecule has 1 spiro atoms. The molecule has 0 radical (unpaired) electrons. The molecule has 2 aliphatic rings. The first kappa shape index (κ1) is 13.8. The molecule has 1 aromatic carbocycles. The Morgan fingerprint density at radius 3 is 2.76 bits per heavy atom. The average Bonchev–Trinajstić information content (AvgIpc) is 3.20. The number of hydrogen-bond acceptors (Lipinski definition) is 3. The third kappa shape index (κ3) is 2.33. The summed E-state index contributed by atoms with van der Waals surface area (Å²) in [7, 11) is 1.55. The lowest BCUT2D eigenvalue weighted by Crippen LogP contribution is -2.39. The van der Waals surface area contributed by atoms with Crippen molar-refractivity contribution in [2.45, 2.75) is 19.3 Å². The molecule has 1 saturated carbocycles. The van der Waals surface area contributed by atoms with E-state index in [1.54, 1.807) is 25.3 Å². The highest BCUT2D eigenvalue weighted by Gasteiger charge is 2.54. The number of piperidine rings is 1. The van der Waals surface area contributed by atoms with E-state index in [1.807, 2.05) is 4.90 Å². The molecule has 110 valence electrons. The molecule has 1 atom stereocenters. The molecule has 1 heterocycles. The second-order valence-electron chi connectivity index (χ2n) is 6.03. The number of terminal acetylenes is 1. The van der Waals surface area contributed by atoms with E-state index in [2.05, 4.69) is 5.92 Å². The zero-order valence-electron chi connectivity index (χ0n) is 12.3. The van der Waals surface area contributed by atoms with Gasteiger partial charge in [0.1, 0.15) is 5.75 Å². The number of likely N-dealkylation sites (tertiary alicyclic amines) is 1. The molecule has 1 aliphatic carbocycles. The van der Waals surface area contributed by atoms with Gasteiger partial charge in [-0.25, -0.2) is 0 Å². The predicted octanol–water partition coefficient (Wildman–Crippen LogP) is 2.15. The first-order valence-corrected chi connectivity index (χ1v) is 7.28. The monoisotopic (exact) mass is 284 g/mol. The molecular weight excluding hydrogens is 264 g/mol. The Bertz CT molecular complexity index is 610. The number of rotatable bonds is 2. The summed E-state index contributed by atoms with van der Waals surface area (Å²) in [6, 6.07) is 5.18. The summed E-state index contributed by atoms with van der Waals surface area (Å²) in [6.45, 7) is 1.56.